The topological polar surface area (TPSA) is 112 Å². The highest BCUT2D eigenvalue weighted by Crippen LogP contribution is 2.35. The van der Waals surface area contributed by atoms with Crippen LogP contribution in [-0.4, -0.2) is 81.4 Å². The molecular weight excluding hydrogens is 518 g/mol. The van der Waals surface area contributed by atoms with Gasteiger partial charge in [-0.1, -0.05) is 24.3 Å². The van der Waals surface area contributed by atoms with Crippen LogP contribution in [0.3, 0.4) is 0 Å². The molecule has 10 heteroatoms. The third-order valence-electron chi connectivity index (χ3n) is 7.36. The molecule has 1 fully saturated rings. The Morgan fingerprint density at radius 3 is 2.61 bits per heavy atom. The van der Waals surface area contributed by atoms with E-state index in [-0.39, 0.29) is 11.9 Å². The predicted molar refractivity (Wildman–Crippen MR) is 160 cm³/mol. The molecule has 4 aromatic rings. The lowest BCUT2D eigenvalue weighted by atomic mass is 10.1. The number of para-hydroxylation sites is 1. The number of benzene rings is 2. The van der Waals surface area contributed by atoms with Gasteiger partial charge >= 0.3 is 0 Å². The van der Waals surface area contributed by atoms with Gasteiger partial charge in [-0.15, -0.1) is 0 Å². The Morgan fingerprint density at radius 2 is 1.88 bits per heavy atom. The molecule has 2 aromatic heterocycles. The van der Waals surface area contributed by atoms with Gasteiger partial charge in [-0.05, 0) is 56.7 Å². The molecule has 0 aliphatic carbocycles. The highest BCUT2D eigenvalue weighted by atomic mass is 16.5. The van der Waals surface area contributed by atoms with Crippen LogP contribution < -0.4 is 10.5 Å². The number of methoxy groups -OCH3 is 1. The molecule has 0 saturated carbocycles. The van der Waals surface area contributed by atoms with Gasteiger partial charge in [-0.3, -0.25) is 9.69 Å². The average molecular weight is 556 g/mol. The molecule has 10 nitrogen and oxygen atoms in total. The Hall–Kier alpha value is -4.28. The molecule has 214 valence electrons. The van der Waals surface area contributed by atoms with E-state index in [1.165, 1.54) is 6.33 Å². The van der Waals surface area contributed by atoms with E-state index in [0.717, 1.165) is 30.0 Å². The third kappa shape index (κ3) is 6.55. The summed E-state index contributed by atoms with van der Waals surface area (Å²) in [5.41, 5.74) is 8.58. The summed E-state index contributed by atoms with van der Waals surface area (Å²) in [5, 5.41) is 5.67. The molecule has 2 N–H and O–H groups in total. The third-order valence-corrected chi connectivity index (χ3v) is 7.36. The van der Waals surface area contributed by atoms with Crippen LogP contribution in [0.15, 0.2) is 73.1 Å². The van der Waals surface area contributed by atoms with E-state index in [4.69, 9.17) is 20.3 Å². The van der Waals surface area contributed by atoms with Gasteiger partial charge in [0, 0.05) is 51.0 Å². The number of carbonyl (C=O) groups excluding carboxylic acids is 1. The fourth-order valence-electron chi connectivity index (χ4n) is 5.06. The molecule has 2 aromatic carbocycles. The minimum absolute atomic E-state index is 0.00257. The van der Waals surface area contributed by atoms with Gasteiger partial charge < -0.3 is 20.1 Å². The fraction of sp³-hybridized carbons (Fsp3) is 0.355. The van der Waals surface area contributed by atoms with Crippen molar-refractivity contribution in [2.75, 3.05) is 45.6 Å². The molecule has 0 bridgehead atoms. The quantitative estimate of drug-likeness (QED) is 0.268. The number of rotatable bonds is 11. The van der Waals surface area contributed by atoms with Gasteiger partial charge in [0.05, 0.1) is 18.0 Å². The first-order chi connectivity index (χ1) is 19.9. The van der Waals surface area contributed by atoms with E-state index in [2.05, 4.69) is 28.7 Å². The Balaban J connectivity index is 1.31. The number of hydrogen-bond donors (Lipinski definition) is 1. The van der Waals surface area contributed by atoms with Crippen LogP contribution in [0.2, 0.25) is 0 Å². The lowest BCUT2D eigenvalue weighted by molar-refractivity contribution is -0.125. The fourth-order valence-corrected chi connectivity index (χ4v) is 5.06. The van der Waals surface area contributed by atoms with E-state index in [0.29, 0.717) is 54.8 Å². The number of fused-ring (bicyclic) bond motifs is 1. The second kappa shape index (κ2) is 12.9. The number of ether oxygens (including phenoxy) is 2. The number of carbonyl (C=O) groups is 1. The Bertz CT molecular complexity index is 1490. The van der Waals surface area contributed by atoms with Crippen molar-refractivity contribution in [1.82, 2.24) is 29.5 Å². The number of aromatic nitrogens is 4. The SMILES string of the molecule is COCCN(CC=CC(=O)N1CCC(n2nc(-c3ccc(Oc4ccccc4)cc3)c3c(N)ncnc32)C1)C(C)C. The predicted octanol–water partition coefficient (Wildman–Crippen LogP) is 4.55. The van der Waals surface area contributed by atoms with Crippen molar-refractivity contribution in [2.24, 2.45) is 0 Å². The van der Waals surface area contributed by atoms with Gasteiger partial charge in [0.2, 0.25) is 5.91 Å². The monoisotopic (exact) mass is 555 g/mol. The summed E-state index contributed by atoms with van der Waals surface area (Å²) in [7, 11) is 1.70. The van der Waals surface area contributed by atoms with Crippen molar-refractivity contribution in [3.8, 4) is 22.8 Å². The van der Waals surface area contributed by atoms with Crippen molar-refractivity contribution in [2.45, 2.75) is 32.4 Å². The summed E-state index contributed by atoms with van der Waals surface area (Å²) in [5.74, 6) is 1.87. The zero-order valence-corrected chi connectivity index (χ0v) is 23.8. The second-order valence-corrected chi connectivity index (χ2v) is 10.4. The molecule has 1 aliphatic rings. The molecule has 1 amide bonds. The normalized spacial score (nSPS) is 15.5. The van der Waals surface area contributed by atoms with Crippen LogP contribution >= 0.6 is 0 Å². The zero-order valence-electron chi connectivity index (χ0n) is 23.8. The Morgan fingerprint density at radius 1 is 1.12 bits per heavy atom. The van der Waals surface area contributed by atoms with E-state index >= 15 is 0 Å². The number of likely N-dealkylation sites (tertiary alicyclic amines) is 1. The second-order valence-electron chi connectivity index (χ2n) is 10.4. The molecule has 1 unspecified atom stereocenters. The number of hydrogen-bond acceptors (Lipinski definition) is 8. The number of anilines is 1. The van der Waals surface area contributed by atoms with Crippen molar-refractivity contribution in [3.05, 3.63) is 73.1 Å². The summed E-state index contributed by atoms with van der Waals surface area (Å²) >= 11 is 0. The first-order valence-electron chi connectivity index (χ1n) is 13.9. The molecule has 1 saturated heterocycles. The van der Waals surface area contributed by atoms with Crippen LogP contribution in [0, 0.1) is 0 Å². The van der Waals surface area contributed by atoms with E-state index < -0.39 is 0 Å². The highest BCUT2D eigenvalue weighted by Gasteiger charge is 2.30. The van der Waals surface area contributed by atoms with E-state index in [9.17, 15) is 4.79 Å². The molecule has 3 heterocycles. The summed E-state index contributed by atoms with van der Waals surface area (Å²) in [6.45, 7) is 7.65. The summed E-state index contributed by atoms with van der Waals surface area (Å²) < 4.78 is 13.1. The Kier molecular flexibility index (Phi) is 8.91. The van der Waals surface area contributed by atoms with Crippen molar-refractivity contribution >= 4 is 22.8 Å². The van der Waals surface area contributed by atoms with Crippen LogP contribution in [-0.2, 0) is 9.53 Å². The molecule has 1 atom stereocenters. The van der Waals surface area contributed by atoms with Crippen LogP contribution in [0.4, 0.5) is 5.82 Å². The van der Waals surface area contributed by atoms with Crippen molar-refractivity contribution in [3.63, 3.8) is 0 Å². The first-order valence-corrected chi connectivity index (χ1v) is 13.9. The maximum absolute atomic E-state index is 13.0. The summed E-state index contributed by atoms with van der Waals surface area (Å²) in [4.78, 5) is 25.9. The smallest absolute Gasteiger partial charge is 0.246 e. The maximum atomic E-state index is 13.0. The minimum atomic E-state index is -0.0209. The number of amides is 1. The van der Waals surface area contributed by atoms with Gasteiger partial charge in [-0.2, -0.15) is 5.10 Å². The van der Waals surface area contributed by atoms with Crippen LogP contribution in [0.1, 0.15) is 26.3 Å². The van der Waals surface area contributed by atoms with Crippen molar-refractivity contribution in [1.29, 1.82) is 0 Å². The number of nitrogens with zero attached hydrogens (tertiary/aromatic N) is 6. The molecule has 0 radical (unpaired) electrons. The first kappa shape index (κ1) is 28.3. The van der Waals surface area contributed by atoms with Gasteiger partial charge in [0.1, 0.15) is 29.3 Å². The van der Waals surface area contributed by atoms with Gasteiger partial charge in [0.25, 0.3) is 0 Å². The lowest BCUT2D eigenvalue weighted by Crippen LogP contribution is -2.34. The molecule has 5 rings (SSSR count). The standard InChI is InChI=1S/C31H37N7O3/c1-22(2)36(18-19-40-3)16-7-10-27(39)37-17-15-24(20-37)38-31-28(30(32)33-21-34-31)29(35-38)23-11-13-26(14-12-23)41-25-8-5-4-6-9-25/h4-14,21-22,24H,15-20H2,1-3H3,(H2,32,33,34). The highest BCUT2D eigenvalue weighted by molar-refractivity contribution is 5.98. The Labute approximate surface area is 240 Å². The average Bonchev–Trinajstić information content (AvgIpc) is 3.62. The minimum Gasteiger partial charge on any atom is -0.457 e. The van der Waals surface area contributed by atoms with Gasteiger partial charge in [-0.25, -0.2) is 14.6 Å². The van der Waals surface area contributed by atoms with Crippen molar-refractivity contribution < 1.29 is 14.3 Å². The maximum Gasteiger partial charge on any atom is 0.246 e. The van der Waals surface area contributed by atoms with E-state index in [1.807, 2.05) is 70.3 Å². The number of nitrogen functional groups attached to an aromatic ring is 1. The molecule has 1 aliphatic heterocycles. The zero-order chi connectivity index (χ0) is 28.8. The lowest BCUT2D eigenvalue weighted by Gasteiger charge is -2.24. The molecular formula is C31H37N7O3. The largest absolute Gasteiger partial charge is 0.457 e. The van der Waals surface area contributed by atoms with Crippen LogP contribution in [0.5, 0.6) is 11.5 Å². The molecule has 0 spiro atoms. The van der Waals surface area contributed by atoms with E-state index in [1.54, 1.807) is 13.2 Å². The number of nitrogens with two attached hydrogens (primary N) is 1. The summed E-state index contributed by atoms with van der Waals surface area (Å²) in [6.07, 6.45) is 5.85. The van der Waals surface area contributed by atoms with Gasteiger partial charge in [0.15, 0.2) is 5.65 Å². The summed E-state index contributed by atoms with van der Waals surface area (Å²) in [6, 6.07) is 17.7. The van der Waals surface area contributed by atoms with Crippen LogP contribution in [0.25, 0.3) is 22.3 Å². The molecule has 41 heavy (non-hydrogen) atoms.